The number of fused-ring (bicyclic) bond motifs is 1. The molecule has 0 heterocycles. The lowest BCUT2D eigenvalue weighted by Crippen LogP contribution is -2.16. The number of benzene rings is 1. The summed E-state index contributed by atoms with van der Waals surface area (Å²) >= 11 is 0. The third-order valence-electron chi connectivity index (χ3n) is 2.22. The van der Waals surface area contributed by atoms with E-state index in [1.807, 2.05) is 29.7 Å². The number of amides is 1. The van der Waals surface area contributed by atoms with Crippen molar-refractivity contribution in [2.24, 2.45) is 5.10 Å². The third kappa shape index (κ3) is 1.74. The quantitative estimate of drug-likeness (QED) is 0.657. The van der Waals surface area contributed by atoms with E-state index in [-0.39, 0.29) is 0 Å². The maximum atomic E-state index is 10.2. The fraction of sp³-hybridized carbons (Fsp3) is 0.200. The molecule has 0 spiro atoms. The van der Waals surface area contributed by atoms with Gasteiger partial charge in [-0.2, -0.15) is 5.10 Å². The number of carbonyl (C=O) groups is 1. The molecule has 1 aromatic rings. The van der Waals surface area contributed by atoms with Crippen LogP contribution in [0.4, 0.5) is 4.79 Å². The average molecular weight is 190 g/mol. The van der Waals surface area contributed by atoms with Crippen molar-refractivity contribution in [3.8, 4) is 0 Å². The van der Waals surface area contributed by atoms with Crippen molar-refractivity contribution in [2.45, 2.75) is 12.8 Å². The largest absolute Gasteiger partial charge is 0.464 e. The van der Waals surface area contributed by atoms with Crippen molar-refractivity contribution in [1.82, 2.24) is 5.43 Å². The molecular formula is C10H10N2O2. The summed E-state index contributed by atoms with van der Waals surface area (Å²) in [4.78, 5) is 10.2. The van der Waals surface area contributed by atoms with Gasteiger partial charge in [0, 0.05) is 18.6 Å². The minimum atomic E-state index is -1.12. The van der Waals surface area contributed by atoms with Gasteiger partial charge in [-0.1, -0.05) is 24.3 Å². The Kier molecular flexibility index (Phi) is 2.18. The number of hydrogen-bond donors (Lipinski definition) is 2. The van der Waals surface area contributed by atoms with E-state index in [9.17, 15) is 4.79 Å². The van der Waals surface area contributed by atoms with E-state index in [4.69, 9.17) is 5.11 Å². The molecule has 0 bridgehead atoms. The topological polar surface area (TPSA) is 61.7 Å². The van der Waals surface area contributed by atoms with Gasteiger partial charge in [0.15, 0.2) is 0 Å². The Morgan fingerprint density at radius 3 is 2.36 bits per heavy atom. The molecule has 0 atom stereocenters. The Hall–Kier alpha value is -1.84. The molecule has 0 fully saturated rings. The molecule has 1 aliphatic carbocycles. The van der Waals surface area contributed by atoms with Crippen molar-refractivity contribution in [3.05, 3.63) is 35.4 Å². The molecule has 1 aliphatic rings. The molecule has 0 radical (unpaired) electrons. The second kappa shape index (κ2) is 3.49. The van der Waals surface area contributed by atoms with Crippen molar-refractivity contribution in [3.63, 3.8) is 0 Å². The number of nitrogens with one attached hydrogen (secondary N) is 1. The molecule has 14 heavy (non-hydrogen) atoms. The normalized spacial score (nSPS) is 13.6. The second-order valence-corrected chi connectivity index (χ2v) is 3.22. The zero-order chi connectivity index (χ0) is 9.97. The molecule has 1 amide bonds. The van der Waals surface area contributed by atoms with Crippen LogP contribution in [0.1, 0.15) is 11.1 Å². The smallest absolute Gasteiger partial charge is 0.425 e. The molecule has 72 valence electrons. The molecule has 4 heteroatoms. The maximum absolute atomic E-state index is 10.2. The highest BCUT2D eigenvalue weighted by atomic mass is 16.4. The fourth-order valence-corrected chi connectivity index (χ4v) is 1.61. The van der Waals surface area contributed by atoms with Crippen LogP contribution in [0.2, 0.25) is 0 Å². The Bertz CT molecular complexity index is 372. The Morgan fingerprint density at radius 2 is 1.86 bits per heavy atom. The molecule has 0 saturated heterocycles. The zero-order valence-corrected chi connectivity index (χ0v) is 7.53. The highest BCUT2D eigenvalue weighted by molar-refractivity contribution is 5.93. The molecule has 2 rings (SSSR count). The van der Waals surface area contributed by atoms with Crippen LogP contribution >= 0.6 is 0 Å². The van der Waals surface area contributed by atoms with E-state index in [1.54, 1.807) is 0 Å². The molecule has 0 saturated carbocycles. The molecule has 4 nitrogen and oxygen atoms in total. The van der Waals surface area contributed by atoms with Crippen molar-refractivity contribution in [2.75, 3.05) is 0 Å². The van der Waals surface area contributed by atoms with Crippen molar-refractivity contribution < 1.29 is 9.90 Å². The number of hydrogen-bond acceptors (Lipinski definition) is 2. The zero-order valence-electron chi connectivity index (χ0n) is 7.53. The van der Waals surface area contributed by atoms with Crippen LogP contribution in [0.5, 0.6) is 0 Å². The second-order valence-electron chi connectivity index (χ2n) is 3.22. The predicted molar refractivity (Wildman–Crippen MR) is 52.4 cm³/mol. The maximum Gasteiger partial charge on any atom is 0.425 e. The molecule has 0 aliphatic heterocycles. The first-order valence-corrected chi connectivity index (χ1v) is 4.37. The van der Waals surface area contributed by atoms with E-state index in [1.165, 1.54) is 11.1 Å². The molecular weight excluding hydrogens is 180 g/mol. The van der Waals surface area contributed by atoms with Gasteiger partial charge < -0.3 is 5.11 Å². The SMILES string of the molecule is O=C(O)NN=C1Cc2ccccc2C1. The van der Waals surface area contributed by atoms with E-state index >= 15 is 0 Å². The number of hydrazone groups is 1. The Morgan fingerprint density at radius 1 is 1.29 bits per heavy atom. The first-order valence-electron chi connectivity index (χ1n) is 4.37. The van der Waals surface area contributed by atoms with Crippen LogP contribution in [-0.4, -0.2) is 16.9 Å². The molecule has 0 aromatic heterocycles. The van der Waals surface area contributed by atoms with Crippen LogP contribution in [0.25, 0.3) is 0 Å². The number of carboxylic acid groups (broad SMARTS) is 1. The summed E-state index contributed by atoms with van der Waals surface area (Å²) < 4.78 is 0. The van der Waals surface area contributed by atoms with Crippen LogP contribution in [-0.2, 0) is 12.8 Å². The van der Waals surface area contributed by atoms with Gasteiger partial charge in [-0.25, -0.2) is 10.2 Å². The van der Waals surface area contributed by atoms with E-state index in [0.717, 1.165) is 18.6 Å². The Balaban J connectivity index is 2.11. The number of rotatable bonds is 1. The van der Waals surface area contributed by atoms with Crippen molar-refractivity contribution >= 4 is 11.8 Å². The summed E-state index contributed by atoms with van der Waals surface area (Å²) in [5.41, 5.74) is 5.37. The number of nitrogens with zero attached hydrogens (tertiary/aromatic N) is 1. The van der Waals surface area contributed by atoms with Crippen LogP contribution < -0.4 is 5.43 Å². The minimum absolute atomic E-state index is 0.746. The van der Waals surface area contributed by atoms with E-state index < -0.39 is 6.09 Å². The molecule has 1 aromatic carbocycles. The van der Waals surface area contributed by atoms with Gasteiger partial charge in [-0.3, -0.25) is 0 Å². The highest BCUT2D eigenvalue weighted by Gasteiger charge is 2.15. The van der Waals surface area contributed by atoms with Gasteiger partial charge >= 0.3 is 6.09 Å². The molecule has 0 unspecified atom stereocenters. The Labute approximate surface area is 81.3 Å². The molecule has 2 N–H and O–H groups in total. The standard InChI is InChI=1S/C10H10N2O2/c13-10(14)12-11-9-5-7-3-1-2-4-8(7)6-9/h1-4,12H,5-6H2,(H,13,14). The summed E-state index contributed by atoms with van der Waals surface area (Å²) in [6.07, 6.45) is 0.376. The van der Waals surface area contributed by atoms with E-state index in [2.05, 4.69) is 5.10 Å². The van der Waals surface area contributed by atoms with Gasteiger partial charge in [0.1, 0.15) is 0 Å². The fourth-order valence-electron chi connectivity index (χ4n) is 1.61. The van der Waals surface area contributed by atoms with Crippen LogP contribution in [0.15, 0.2) is 29.4 Å². The summed E-state index contributed by atoms with van der Waals surface area (Å²) in [5.74, 6) is 0. The lowest BCUT2D eigenvalue weighted by atomic mass is 10.1. The van der Waals surface area contributed by atoms with Crippen LogP contribution in [0, 0.1) is 0 Å². The van der Waals surface area contributed by atoms with Crippen molar-refractivity contribution in [1.29, 1.82) is 0 Å². The van der Waals surface area contributed by atoms with Crippen LogP contribution in [0.3, 0.4) is 0 Å². The summed E-state index contributed by atoms with van der Waals surface area (Å²) in [7, 11) is 0. The minimum Gasteiger partial charge on any atom is -0.464 e. The first kappa shape index (κ1) is 8.74. The summed E-state index contributed by atoms with van der Waals surface area (Å²) in [6, 6.07) is 8.04. The van der Waals surface area contributed by atoms with E-state index in [0.29, 0.717) is 0 Å². The first-order chi connectivity index (χ1) is 6.75. The monoisotopic (exact) mass is 190 g/mol. The third-order valence-corrected chi connectivity index (χ3v) is 2.22. The predicted octanol–water partition coefficient (Wildman–Crippen LogP) is 1.41. The van der Waals surface area contributed by atoms with Gasteiger partial charge in [0.05, 0.1) is 0 Å². The van der Waals surface area contributed by atoms with Gasteiger partial charge in [0.25, 0.3) is 0 Å². The van der Waals surface area contributed by atoms with Gasteiger partial charge in [-0.15, -0.1) is 0 Å². The lowest BCUT2D eigenvalue weighted by Gasteiger charge is -1.93. The van der Waals surface area contributed by atoms with Gasteiger partial charge in [0.2, 0.25) is 0 Å². The average Bonchev–Trinajstić information content (AvgIpc) is 2.57. The summed E-state index contributed by atoms with van der Waals surface area (Å²) in [5, 5.41) is 12.2. The van der Waals surface area contributed by atoms with Gasteiger partial charge in [-0.05, 0) is 11.1 Å². The lowest BCUT2D eigenvalue weighted by molar-refractivity contribution is 0.195. The summed E-state index contributed by atoms with van der Waals surface area (Å²) in [6.45, 7) is 0. The highest BCUT2D eigenvalue weighted by Crippen LogP contribution is 2.19.